The molecule has 8 heteroatoms. The standard InChI is InChI=1S/C19H30BrN3O3S/c1-19(2,3)22-27(25,26)15-8-9-17(20)16(14-15)18(24)21-10-7-13-23-11-5-4-6-12-23/h8-9,14,22H,4-7,10-13H2,1-3H3,(H,21,24). The number of nitrogens with one attached hydrogen (secondary N) is 2. The van der Waals surface area contributed by atoms with Crippen LogP contribution in [-0.4, -0.2) is 50.9 Å². The Labute approximate surface area is 171 Å². The van der Waals surface area contributed by atoms with Crippen molar-refractivity contribution >= 4 is 31.9 Å². The highest BCUT2D eigenvalue weighted by Crippen LogP contribution is 2.22. The van der Waals surface area contributed by atoms with Crippen molar-refractivity contribution in [3.05, 3.63) is 28.2 Å². The molecule has 1 aromatic carbocycles. The van der Waals surface area contributed by atoms with Gasteiger partial charge in [-0.2, -0.15) is 0 Å². The monoisotopic (exact) mass is 459 g/mol. The fourth-order valence-corrected chi connectivity index (χ4v) is 4.96. The summed E-state index contributed by atoms with van der Waals surface area (Å²) in [5.74, 6) is -0.270. The molecule has 1 aromatic rings. The lowest BCUT2D eigenvalue weighted by Gasteiger charge is -2.26. The van der Waals surface area contributed by atoms with Crippen molar-refractivity contribution < 1.29 is 13.2 Å². The van der Waals surface area contributed by atoms with Crippen LogP contribution in [0.2, 0.25) is 0 Å². The van der Waals surface area contributed by atoms with E-state index in [0.717, 1.165) is 26.1 Å². The number of nitrogens with zero attached hydrogens (tertiary/aromatic N) is 1. The summed E-state index contributed by atoms with van der Waals surface area (Å²) in [4.78, 5) is 15.0. The van der Waals surface area contributed by atoms with Gasteiger partial charge in [0.1, 0.15) is 0 Å². The van der Waals surface area contributed by atoms with Crippen LogP contribution >= 0.6 is 15.9 Å². The Hall–Kier alpha value is -0.960. The summed E-state index contributed by atoms with van der Waals surface area (Å²) in [6.45, 7) is 9.16. The first kappa shape index (κ1) is 22.3. The Morgan fingerprint density at radius 3 is 2.48 bits per heavy atom. The molecule has 2 rings (SSSR count). The zero-order valence-electron chi connectivity index (χ0n) is 16.3. The minimum atomic E-state index is -3.69. The van der Waals surface area contributed by atoms with Gasteiger partial charge in [-0.1, -0.05) is 6.42 Å². The molecule has 2 N–H and O–H groups in total. The molecular weight excluding hydrogens is 430 g/mol. The number of likely N-dealkylation sites (tertiary alicyclic amines) is 1. The quantitative estimate of drug-likeness (QED) is 0.613. The van der Waals surface area contributed by atoms with Crippen LogP contribution in [0.3, 0.4) is 0 Å². The van der Waals surface area contributed by atoms with Crippen molar-refractivity contribution in [3.63, 3.8) is 0 Å². The van der Waals surface area contributed by atoms with Gasteiger partial charge in [0.25, 0.3) is 5.91 Å². The van der Waals surface area contributed by atoms with E-state index < -0.39 is 15.6 Å². The van der Waals surface area contributed by atoms with Crippen molar-refractivity contribution in [2.45, 2.75) is 56.9 Å². The van der Waals surface area contributed by atoms with Crippen molar-refractivity contribution in [2.24, 2.45) is 0 Å². The Kier molecular flexibility index (Phi) is 7.85. The number of amides is 1. The molecule has 0 aromatic heterocycles. The number of hydrogen-bond donors (Lipinski definition) is 2. The summed E-state index contributed by atoms with van der Waals surface area (Å²) >= 11 is 3.35. The first-order valence-electron chi connectivity index (χ1n) is 9.42. The lowest BCUT2D eigenvalue weighted by atomic mass is 10.1. The summed E-state index contributed by atoms with van der Waals surface area (Å²) in [5, 5.41) is 2.90. The first-order valence-corrected chi connectivity index (χ1v) is 11.7. The van der Waals surface area contributed by atoms with Gasteiger partial charge in [0, 0.05) is 16.6 Å². The summed E-state index contributed by atoms with van der Waals surface area (Å²) in [6, 6.07) is 4.50. The second-order valence-corrected chi connectivity index (χ2v) is 10.5. The van der Waals surface area contributed by atoms with E-state index in [1.807, 2.05) is 0 Å². The molecule has 0 radical (unpaired) electrons. The Morgan fingerprint density at radius 1 is 1.19 bits per heavy atom. The Morgan fingerprint density at radius 2 is 1.85 bits per heavy atom. The number of hydrogen-bond acceptors (Lipinski definition) is 4. The summed E-state index contributed by atoms with van der Waals surface area (Å²) in [6.07, 6.45) is 4.70. The van der Waals surface area contributed by atoms with Crippen LogP contribution in [0.5, 0.6) is 0 Å². The Balaban J connectivity index is 1.97. The average Bonchev–Trinajstić information content (AvgIpc) is 2.57. The van der Waals surface area contributed by atoms with Crippen molar-refractivity contribution in [2.75, 3.05) is 26.2 Å². The number of sulfonamides is 1. The molecule has 0 unspecified atom stereocenters. The molecule has 27 heavy (non-hydrogen) atoms. The van der Waals surface area contributed by atoms with E-state index >= 15 is 0 Å². The zero-order chi connectivity index (χ0) is 20.1. The topological polar surface area (TPSA) is 78.5 Å². The molecule has 0 atom stereocenters. The smallest absolute Gasteiger partial charge is 0.252 e. The number of benzene rings is 1. The van der Waals surface area contributed by atoms with Crippen LogP contribution in [0.1, 0.15) is 56.8 Å². The average molecular weight is 460 g/mol. The van der Waals surface area contributed by atoms with E-state index in [2.05, 4.69) is 30.9 Å². The minimum absolute atomic E-state index is 0.0825. The fraction of sp³-hybridized carbons (Fsp3) is 0.632. The van der Waals surface area contributed by atoms with Crippen molar-refractivity contribution in [1.82, 2.24) is 14.9 Å². The maximum atomic E-state index is 12.5. The van der Waals surface area contributed by atoms with E-state index in [1.165, 1.54) is 31.4 Å². The van der Waals surface area contributed by atoms with Crippen LogP contribution in [0.4, 0.5) is 0 Å². The number of halogens is 1. The fourth-order valence-electron chi connectivity index (χ4n) is 3.09. The molecule has 6 nitrogen and oxygen atoms in total. The molecular formula is C19H30BrN3O3S. The predicted octanol–water partition coefficient (Wildman–Crippen LogP) is 3.13. The SMILES string of the molecule is CC(C)(C)NS(=O)(=O)c1ccc(Br)c(C(=O)NCCCN2CCCCC2)c1. The van der Waals surface area contributed by atoms with E-state index in [-0.39, 0.29) is 10.8 Å². The normalized spacial score (nSPS) is 16.3. The van der Waals surface area contributed by atoms with Gasteiger partial charge in [-0.15, -0.1) is 0 Å². The van der Waals surface area contributed by atoms with Crippen LogP contribution in [0, 0.1) is 0 Å². The molecule has 0 saturated carbocycles. The van der Waals surface area contributed by atoms with Crippen LogP contribution < -0.4 is 10.0 Å². The third kappa shape index (κ3) is 7.18. The molecule has 152 valence electrons. The van der Waals surface area contributed by atoms with E-state index in [9.17, 15) is 13.2 Å². The highest BCUT2D eigenvalue weighted by molar-refractivity contribution is 9.10. The molecule has 1 fully saturated rings. The molecule has 1 aliphatic rings. The highest BCUT2D eigenvalue weighted by Gasteiger charge is 2.23. The molecule has 1 saturated heterocycles. The van der Waals surface area contributed by atoms with Gasteiger partial charge in [-0.3, -0.25) is 4.79 Å². The van der Waals surface area contributed by atoms with Crippen molar-refractivity contribution in [1.29, 1.82) is 0 Å². The van der Waals surface area contributed by atoms with Crippen molar-refractivity contribution in [3.8, 4) is 0 Å². The van der Waals surface area contributed by atoms with Crippen LogP contribution in [-0.2, 0) is 10.0 Å². The minimum Gasteiger partial charge on any atom is -0.352 e. The molecule has 1 aliphatic heterocycles. The maximum Gasteiger partial charge on any atom is 0.252 e. The number of carbonyl (C=O) groups excluding carboxylic acids is 1. The molecule has 0 bridgehead atoms. The van der Waals surface area contributed by atoms with E-state index in [4.69, 9.17) is 0 Å². The third-order valence-electron chi connectivity index (χ3n) is 4.32. The maximum absolute atomic E-state index is 12.5. The second kappa shape index (κ2) is 9.49. The molecule has 0 spiro atoms. The van der Waals surface area contributed by atoms with Gasteiger partial charge in [0.15, 0.2) is 0 Å². The van der Waals surface area contributed by atoms with E-state index in [1.54, 1.807) is 26.8 Å². The predicted molar refractivity (Wildman–Crippen MR) is 111 cm³/mol. The summed E-state index contributed by atoms with van der Waals surface area (Å²) in [5.41, 5.74) is -0.271. The van der Waals surface area contributed by atoms with Crippen LogP contribution in [0.25, 0.3) is 0 Å². The summed E-state index contributed by atoms with van der Waals surface area (Å²) < 4.78 is 28.2. The van der Waals surface area contributed by atoms with Gasteiger partial charge in [0.2, 0.25) is 10.0 Å². The zero-order valence-corrected chi connectivity index (χ0v) is 18.7. The van der Waals surface area contributed by atoms with Gasteiger partial charge in [-0.05, 0) is 93.8 Å². The number of carbonyl (C=O) groups is 1. The molecule has 0 aliphatic carbocycles. The molecule has 1 amide bonds. The van der Waals surface area contributed by atoms with Crippen LogP contribution in [0.15, 0.2) is 27.6 Å². The van der Waals surface area contributed by atoms with E-state index in [0.29, 0.717) is 16.6 Å². The lowest BCUT2D eigenvalue weighted by molar-refractivity contribution is 0.0950. The van der Waals surface area contributed by atoms with Gasteiger partial charge >= 0.3 is 0 Å². The number of piperidine rings is 1. The number of rotatable bonds is 7. The summed E-state index contributed by atoms with van der Waals surface area (Å²) in [7, 11) is -3.69. The lowest BCUT2D eigenvalue weighted by Crippen LogP contribution is -2.40. The third-order valence-corrected chi connectivity index (χ3v) is 6.77. The Bertz CT molecular complexity index is 754. The molecule has 1 heterocycles. The largest absolute Gasteiger partial charge is 0.352 e. The second-order valence-electron chi connectivity index (χ2n) is 8.01. The first-order chi connectivity index (χ1) is 12.6. The highest BCUT2D eigenvalue weighted by atomic mass is 79.9. The van der Waals surface area contributed by atoms with Gasteiger partial charge < -0.3 is 10.2 Å². The van der Waals surface area contributed by atoms with Gasteiger partial charge in [0.05, 0.1) is 10.5 Å². The van der Waals surface area contributed by atoms with Gasteiger partial charge in [-0.25, -0.2) is 13.1 Å².